The Bertz CT molecular complexity index is 2120. The van der Waals surface area contributed by atoms with Gasteiger partial charge in [-0.15, -0.1) is 0 Å². The first kappa shape index (κ1) is 28.9. The molecule has 3 heterocycles. The molecule has 0 aliphatic heterocycles. The summed E-state index contributed by atoms with van der Waals surface area (Å²) in [6.45, 7) is 0. The van der Waals surface area contributed by atoms with Crippen LogP contribution in [0.5, 0.6) is 0 Å². The molecule has 0 N–H and O–H groups in total. The van der Waals surface area contributed by atoms with Crippen molar-refractivity contribution >= 4 is 0 Å². The van der Waals surface area contributed by atoms with Gasteiger partial charge in [-0.25, -0.2) is 15.0 Å². The van der Waals surface area contributed by atoms with Crippen molar-refractivity contribution in [3.05, 3.63) is 176 Å². The van der Waals surface area contributed by atoms with Gasteiger partial charge < -0.3 is 0 Å². The second-order valence-electron chi connectivity index (χ2n) is 11.5. The van der Waals surface area contributed by atoms with Gasteiger partial charge in [0.25, 0.3) is 0 Å². The van der Waals surface area contributed by atoms with E-state index in [1.165, 1.54) is 11.1 Å². The molecule has 0 aliphatic rings. The number of aromatic nitrogens is 5. The molecule has 0 spiro atoms. The van der Waals surface area contributed by atoms with Crippen molar-refractivity contribution in [3.8, 4) is 78.7 Å². The summed E-state index contributed by atoms with van der Waals surface area (Å²) in [4.78, 5) is 23.6. The molecule has 8 aromatic rings. The minimum atomic E-state index is 0.602. The van der Waals surface area contributed by atoms with Gasteiger partial charge in [-0.2, -0.15) is 0 Å². The molecule has 5 aromatic carbocycles. The normalized spacial score (nSPS) is 10.9. The third-order valence-electron chi connectivity index (χ3n) is 8.34. The maximum absolute atomic E-state index is 5.08. The molecule has 0 amide bonds. The molecule has 0 fully saturated rings. The van der Waals surface area contributed by atoms with Crippen LogP contribution in [0.25, 0.3) is 78.7 Å². The zero-order valence-corrected chi connectivity index (χ0v) is 26.0. The minimum absolute atomic E-state index is 0.602. The maximum atomic E-state index is 5.08. The maximum Gasteiger partial charge on any atom is 0.164 e. The molecule has 0 aliphatic carbocycles. The Balaban J connectivity index is 1.26. The quantitative estimate of drug-likeness (QED) is 0.178. The number of nitrogens with zero attached hydrogens (tertiary/aromatic N) is 5. The van der Waals surface area contributed by atoms with Crippen molar-refractivity contribution in [1.29, 1.82) is 0 Å². The van der Waals surface area contributed by atoms with E-state index in [-0.39, 0.29) is 0 Å². The van der Waals surface area contributed by atoms with Gasteiger partial charge in [-0.3, -0.25) is 9.97 Å². The highest BCUT2D eigenvalue weighted by Gasteiger charge is 2.15. The molecule has 8 rings (SSSR count). The lowest BCUT2D eigenvalue weighted by Gasteiger charge is -2.13. The van der Waals surface area contributed by atoms with Gasteiger partial charge >= 0.3 is 0 Å². The average Bonchev–Trinajstić information content (AvgIpc) is 3.19. The van der Waals surface area contributed by atoms with E-state index in [0.717, 1.165) is 50.1 Å². The van der Waals surface area contributed by atoms with Crippen molar-refractivity contribution in [1.82, 2.24) is 24.9 Å². The molecular weight excluding hydrogens is 587 g/mol. The van der Waals surface area contributed by atoms with Crippen LogP contribution in [0.3, 0.4) is 0 Å². The predicted octanol–water partition coefficient (Wildman–Crippen LogP) is 10.3. The number of pyridine rings is 2. The molecule has 48 heavy (non-hydrogen) atoms. The van der Waals surface area contributed by atoms with Crippen LogP contribution in [-0.2, 0) is 0 Å². The highest BCUT2D eigenvalue weighted by molar-refractivity contribution is 5.81. The first-order chi connectivity index (χ1) is 23.8. The van der Waals surface area contributed by atoms with E-state index >= 15 is 0 Å². The van der Waals surface area contributed by atoms with Gasteiger partial charge in [0.1, 0.15) is 0 Å². The Kier molecular flexibility index (Phi) is 7.83. The summed E-state index contributed by atoms with van der Waals surface area (Å²) in [5.41, 5.74) is 11.5. The molecule has 0 unspecified atom stereocenters. The largest absolute Gasteiger partial charge is 0.265 e. The third kappa shape index (κ3) is 6.13. The van der Waals surface area contributed by atoms with Gasteiger partial charge in [0.2, 0.25) is 0 Å². The molecule has 0 atom stereocenters. The van der Waals surface area contributed by atoms with Crippen LogP contribution in [-0.4, -0.2) is 24.9 Å². The summed E-state index contributed by atoms with van der Waals surface area (Å²) >= 11 is 0. The average molecular weight is 616 g/mol. The zero-order valence-electron chi connectivity index (χ0n) is 26.0. The standard InChI is InChI=1S/C43H29N5/c1-3-8-30(9-4-1)31-13-15-33(16-14-31)38-26-39(37-12-7-23-45-29-37)28-40(27-38)43-47-41(35-10-5-2-6-11-35)46-42(48-43)36-19-17-32(18-20-36)34-21-24-44-25-22-34/h1-29H. The van der Waals surface area contributed by atoms with Gasteiger partial charge in [0.15, 0.2) is 17.5 Å². The number of hydrogen-bond donors (Lipinski definition) is 0. The highest BCUT2D eigenvalue weighted by Crippen LogP contribution is 2.34. The monoisotopic (exact) mass is 615 g/mol. The van der Waals surface area contributed by atoms with Crippen LogP contribution in [0.15, 0.2) is 176 Å². The fourth-order valence-corrected chi connectivity index (χ4v) is 5.82. The minimum Gasteiger partial charge on any atom is -0.265 e. The topological polar surface area (TPSA) is 64.5 Å². The molecular formula is C43H29N5. The van der Waals surface area contributed by atoms with Crippen LogP contribution in [0.4, 0.5) is 0 Å². The van der Waals surface area contributed by atoms with Gasteiger partial charge in [-0.1, -0.05) is 115 Å². The van der Waals surface area contributed by atoms with Crippen molar-refractivity contribution in [3.63, 3.8) is 0 Å². The van der Waals surface area contributed by atoms with Crippen LogP contribution in [0.1, 0.15) is 0 Å². The Morgan fingerprint density at radius 1 is 0.250 bits per heavy atom. The second-order valence-corrected chi connectivity index (χ2v) is 11.5. The van der Waals surface area contributed by atoms with Crippen LogP contribution >= 0.6 is 0 Å². The molecule has 0 radical (unpaired) electrons. The number of hydrogen-bond acceptors (Lipinski definition) is 5. The number of rotatable bonds is 7. The molecule has 5 heteroatoms. The fourth-order valence-electron chi connectivity index (χ4n) is 5.82. The second kappa shape index (κ2) is 13.0. The fraction of sp³-hybridized carbons (Fsp3) is 0. The van der Waals surface area contributed by atoms with Crippen molar-refractivity contribution in [2.24, 2.45) is 0 Å². The van der Waals surface area contributed by atoms with E-state index in [4.69, 9.17) is 15.0 Å². The summed E-state index contributed by atoms with van der Waals surface area (Å²) in [7, 11) is 0. The molecule has 226 valence electrons. The molecule has 0 bridgehead atoms. The van der Waals surface area contributed by atoms with Gasteiger partial charge in [0.05, 0.1) is 0 Å². The molecule has 3 aromatic heterocycles. The van der Waals surface area contributed by atoms with Crippen LogP contribution < -0.4 is 0 Å². The summed E-state index contributed by atoms with van der Waals surface area (Å²) in [6.07, 6.45) is 7.29. The van der Waals surface area contributed by atoms with Gasteiger partial charge in [0, 0.05) is 47.0 Å². The van der Waals surface area contributed by atoms with E-state index in [9.17, 15) is 0 Å². The number of benzene rings is 5. The summed E-state index contributed by atoms with van der Waals surface area (Å²) < 4.78 is 0. The van der Waals surface area contributed by atoms with Crippen LogP contribution in [0, 0.1) is 0 Å². The summed E-state index contributed by atoms with van der Waals surface area (Å²) in [5.74, 6) is 1.83. The highest BCUT2D eigenvalue weighted by atomic mass is 15.0. The smallest absolute Gasteiger partial charge is 0.164 e. The van der Waals surface area contributed by atoms with Crippen molar-refractivity contribution in [2.75, 3.05) is 0 Å². The Labute approximate surface area is 279 Å². The Hall–Kier alpha value is -6.59. The van der Waals surface area contributed by atoms with Gasteiger partial charge in [-0.05, 0) is 75.3 Å². The first-order valence-corrected chi connectivity index (χ1v) is 15.8. The Morgan fingerprint density at radius 3 is 1.21 bits per heavy atom. The SMILES string of the molecule is c1ccc(-c2ccc(-c3cc(-c4cccnc4)cc(-c4nc(-c5ccccc5)nc(-c5ccc(-c6ccncc6)cc5)n4)c3)cc2)cc1. The van der Waals surface area contributed by atoms with E-state index < -0.39 is 0 Å². The Morgan fingerprint density at radius 2 is 0.646 bits per heavy atom. The lowest BCUT2D eigenvalue weighted by Crippen LogP contribution is -2.00. The molecule has 0 saturated heterocycles. The van der Waals surface area contributed by atoms with E-state index in [2.05, 4.69) is 107 Å². The van der Waals surface area contributed by atoms with E-state index in [1.54, 1.807) is 18.6 Å². The zero-order chi connectivity index (χ0) is 32.1. The first-order valence-electron chi connectivity index (χ1n) is 15.8. The third-order valence-corrected chi connectivity index (χ3v) is 8.34. The predicted molar refractivity (Wildman–Crippen MR) is 193 cm³/mol. The van der Waals surface area contributed by atoms with Crippen molar-refractivity contribution in [2.45, 2.75) is 0 Å². The molecule has 5 nitrogen and oxygen atoms in total. The van der Waals surface area contributed by atoms with E-state index in [0.29, 0.717) is 17.5 Å². The van der Waals surface area contributed by atoms with Crippen molar-refractivity contribution < 1.29 is 0 Å². The lowest BCUT2D eigenvalue weighted by atomic mass is 9.95. The summed E-state index contributed by atoms with van der Waals surface area (Å²) in [5, 5.41) is 0. The lowest BCUT2D eigenvalue weighted by molar-refractivity contribution is 1.07. The van der Waals surface area contributed by atoms with Crippen LogP contribution in [0.2, 0.25) is 0 Å². The summed E-state index contributed by atoms with van der Waals surface area (Å²) in [6, 6.07) is 52.0. The molecule has 0 saturated carbocycles. The van der Waals surface area contributed by atoms with E-state index in [1.807, 2.05) is 60.8 Å².